The Bertz CT molecular complexity index is 909. The predicted octanol–water partition coefficient (Wildman–Crippen LogP) is 3.15. The van der Waals surface area contributed by atoms with Crippen LogP contribution in [0.15, 0.2) is 67.3 Å². The molecular weight excluding hydrogens is 312 g/mol. The summed E-state index contributed by atoms with van der Waals surface area (Å²) < 4.78 is 1.95. The third-order valence-corrected chi connectivity index (χ3v) is 4.55. The number of nitrogens with one attached hydrogen (secondary N) is 1. The average Bonchev–Trinajstić information content (AvgIpc) is 3.33. The highest BCUT2D eigenvalue weighted by Crippen LogP contribution is 2.28. The van der Waals surface area contributed by atoms with E-state index in [2.05, 4.69) is 58.8 Å². The number of benzene rings is 2. The maximum atomic E-state index is 12.4. The van der Waals surface area contributed by atoms with Crippen molar-refractivity contribution in [3.05, 3.63) is 72.8 Å². The van der Waals surface area contributed by atoms with Gasteiger partial charge < -0.3 is 14.8 Å². The van der Waals surface area contributed by atoms with E-state index < -0.39 is 0 Å². The summed E-state index contributed by atoms with van der Waals surface area (Å²) in [5.41, 5.74) is 2.42. The minimum Gasteiger partial charge on any atom is -0.336 e. The van der Waals surface area contributed by atoms with Crippen molar-refractivity contribution < 1.29 is 4.79 Å². The molecule has 1 aromatic heterocycles. The first-order valence-corrected chi connectivity index (χ1v) is 8.47. The van der Waals surface area contributed by atoms with Crippen molar-refractivity contribution in [3.63, 3.8) is 0 Å². The largest absolute Gasteiger partial charge is 0.336 e. The molecule has 0 saturated carbocycles. The number of fused-ring (bicyclic) bond motifs is 1. The van der Waals surface area contributed by atoms with Crippen molar-refractivity contribution in [1.29, 1.82) is 0 Å². The number of urea groups is 1. The molecule has 1 N–H and O–H groups in total. The van der Waals surface area contributed by atoms with Gasteiger partial charge in [0.05, 0.1) is 6.33 Å². The molecule has 0 atom stereocenters. The molecule has 2 amide bonds. The van der Waals surface area contributed by atoms with Crippen LogP contribution in [0.1, 0.15) is 5.56 Å². The molecule has 25 heavy (non-hydrogen) atoms. The summed E-state index contributed by atoms with van der Waals surface area (Å²) >= 11 is 0. The molecule has 5 nitrogen and oxygen atoms in total. The van der Waals surface area contributed by atoms with Crippen LogP contribution in [0.4, 0.5) is 4.79 Å². The molecule has 0 unspecified atom stereocenters. The van der Waals surface area contributed by atoms with Crippen molar-refractivity contribution in [3.8, 4) is 0 Å². The van der Waals surface area contributed by atoms with Crippen molar-refractivity contribution >= 4 is 22.4 Å². The van der Waals surface area contributed by atoms with Crippen LogP contribution in [-0.4, -0.2) is 40.1 Å². The van der Waals surface area contributed by atoms with Gasteiger partial charge in [-0.15, -0.1) is 0 Å². The van der Waals surface area contributed by atoms with E-state index in [1.165, 1.54) is 21.9 Å². The molecule has 2 heterocycles. The number of hydrogen-bond donors (Lipinski definition) is 1. The second kappa shape index (κ2) is 6.81. The molecule has 4 rings (SSSR count). The van der Waals surface area contributed by atoms with Crippen LogP contribution in [0.5, 0.6) is 0 Å². The Hall–Kier alpha value is -3.08. The van der Waals surface area contributed by atoms with Gasteiger partial charge in [0.25, 0.3) is 0 Å². The number of carbonyl (C=O) groups is 1. The van der Waals surface area contributed by atoms with Gasteiger partial charge in [-0.25, -0.2) is 9.78 Å². The second-order valence-electron chi connectivity index (χ2n) is 6.17. The Balaban J connectivity index is 1.39. The fourth-order valence-electron chi connectivity index (χ4n) is 3.23. The maximum absolute atomic E-state index is 12.4. The van der Waals surface area contributed by atoms with Gasteiger partial charge in [-0.05, 0) is 21.9 Å². The van der Waals surface area contributed by atoms with E-state index in [1.54, 1.807) is 12.5 Å². The van der Waals surface area contributed by atoms with Gasteiger partial charge in [0.15, 0.2) is 0 Å². The molecule has 1 aliphatic heterocycles. The Kier molecular flexibility index (Phi) is 4.21. The van der Waals surface area contributed by atoms with Gasteiger partial charge in [-0.1, -0.05) is 48.5 Å². The van der Waals surface area contributed by atoms with Crippen LogP contribution in [0, 0.1) is 0 Å². The van der Waals surface area contributed by atoms with Crippen LogP contribution in [0.3, 0.4) is 0 Å². The molecule has 0 spiro atoms. The molecular formula is C20H20N4O. The zero-order valence-corrected chi connectivity index (χ0v) is 13.9. The molecule has 2 aromatic carbocycles. The fraction of sp³-hybridized carbons (Fsp3) is 0.200. The molecule has 0 bridgehead atoms. The lowest BCUT2D eigenvalue weighted by atomic mass is 9.99. The normalized spacial score (nSPS) is 13.9. The second-order valence-corrected chi connectivity index (χ2v) is 6.17. The Labute approximate surface area is 146 Å². The summed E-state index contributed by atoms with van der Waals surface area (Å²) in [6.07, 6.45) is 7.53. The number of hydrogen-bond acceptors (Lipinski definition) is 2. The number of rotatable bonds is 4. The molecule has 1 aliphatic rings. The molecule has 0 aliphatic carbocycles. The molecule has 126 valence electrons. The van der Waals surface area contributed by atoms with Gasteiger partial charge in [0.1, 0.15) is 0 Å². The smallest absolute Gasteiger partial charge is 0.318 e. The van der Waals surface area contributed by atoms with E-state index in [-0.39, 0.29) is 6.03 Å². The zero-order chi connectivity index (χ0) is 17.1. The van der Waals surface area contributed by atoms with Crippen molar-refractivity contribution in [2.45, 2.75) is 6.54 Å². The lowest BCUT2D eigenvalue weighted by molar-refractivity contribution is 0.210. The first-order chi connectivity index (χ1) is 12.3. The van der Waals surface area contributed by atoms with Crippen LogP contribution in [0.2, 0.25) is 0 Å². The van der Waals surface area contributed by atoms with Crippen molar-refractivity contribution in [2.24, 2.45) is 0 Å². The highest BCUT2D eigenvalue weighted by atomic mass is 16.2. The highest BCUT2D eigenvalue weighted by Gasteiger charge is 2.21. The lowest BCUT2D eigenvalue weighted by Crippen LogP contribution is -2.39. The highest BCUT2D eigenvalue weighted by molar-refractivity contribution is 5.95. The monoisotopic (exact) mass is 332 g/mol. The third kappa shape index (κ3) is 3.26. The average molecular weight is 332 g/mol. The first-order valence-electron chi connectivity index (χ1n) is 8.47. The summed E-state index contributed by atoms with van der Waals surface area (Å²) in [7, 11) is 0. The molecule has 5 heteroatoms. The predicted molar refractivity (Wildman–Crippen MR) is 99.1 cm³/mol. The van der Waals surface area contributed by atoms with Crippen molar-refractivity contribution in [2.75, 3.05) is 19.6 Å². The number of imidazole rings is 1. The van der Waals surface area contributed by atoms with Gasteiger partial charge in [0.2, 0.25) is 0 Å². The minimum atomic E-state index is -0.0217. The number of carbonyl (C=O) groups excluding carboxylic acids is 1. The zero-order valence-electron chi connectivity index (χ0n) is 13.9. The quantitative estimate of drug-likeness (QED) is 0.798. The SMILES string of the molecule is O=C(NCCn1ccnc1)N1CC=C(c2cccc3ccccc23)C1. The van der Waals surface area contributed by atoms with Crippen LogP contribution in [0.25, 0.3) is 16.3 Å². The van der Waals surface area contributed by atoms with E-state index in [9.17, 15) is 4.79 Å². The van der Waals surface area contributed by atoms with Gasteiger partial charge in [-0.2, -0.15) is 0 Å². The number of nitrogens with zero attached hydrogens (tertiary/aromatic N) is 3. The minimum absolute atomic E-state index is 0.0217. The summed E-state index contributed by atoms with van der Waals surface area (Å²) in [6, 6.07) is 14.7. The molecule has 0 fully saturated rings. The van der Waals surface area contributed by atoms with E-state index in [0.29, 0.717) is 19.6 Å². The first kappa shape index (κ1) is 15.4. The number of aromatic nitrogens is 2. The van der Waals surface area contributed by atoms with Crippen LogP contribution >= 0.6 is 0 Å². The van der Waals surface area contributed by atoms with Crippen LogP contribution < -0.4 is 5.32 Å². The Morgan fingerprint density at radius 2 is 2.04 bits per heavy atom. The van der Waals surface area contributed by atoms with Crippen LogP contribution in [-0.2, 0) is 6.54 Å². The Morgan fingerprint density at radius 1 is 1.16 bits per heavy atom. The fourth-order valence-corrected chi connectivity index (χ4v) is 3.23. The number of amides is 2. The Morgan fingerprint density at radius 3 is 2.92 bits per heavy atom. The van der Waals surface area contributed by atoms with E-state index >= 15 is 0 Å². The van der Waals surface area contributed by atoms with Crippen molar-refractivity contribution in [1.82, 2.24) is 19.8 Å². The summed E-state index contributed by atoms with van der Waals surface area (Å²) in [5.74, 6) is 0. The molecule has 0 saturated heterocycles. The summed E-state index contributed by atoms with van der Waals surface area (Å²) in [4.78, 5) is 18.2. The summed E-state index contributed by atoms with van der Waals surface area (Å²) in [5, 5.41) is 5.44. The van der Waals surface area contributed by atoms with E-state index in [0.717, 1.165) is 6.54 Å². The summed E-state index contributed by atoms with van der Waals surface area (Å²) in [6.45, 7) is 2.61. The molecule has 3 aromatic rings. The van der Waals surface area contributed by atoms with Gasteiger partial charge in [0, 0.05) is 38.6 Å². The molecule has 0 radical (unpaired) electrons. The standard InChI is InChI=1S/C20H20N4O/c25-20(22-10-13-23-12-9-21-15-23)24-11-8-17(14-24)19-7-3-5-16-4-1-2-6-18(16)19/h1-9,12,15H,10-11,13-14H2,(H,22,25). The van der Waals surface area contributed by atoms with Gasteiger partial charge in [-0.3, -0.25) is 0 Å². The van der Waals surface area contributed by atoms with Gasteiger partial charge >= 0.3 is 6.03 Å². The topological polar surface area (TPSA) is 50.2 Å². The van der Waals surface area contributed by atoms with E-state index in [1.807, 2.05) is 15.7 Å². The maximum Gasteiger partial charge on any atom is 0.318 e. The van der Waals surface area contributed by atoms with E-state index in [4.69, 9.17) is 0 Å². The third-order valence-electron chi connectivity index (χ3n) is 4.55. The lowest BCUT2D eigenvalue weighted by Gasteiger charge is -2.18.